The van der Waals surface area contributed by atoms with Gasteiger partial charge in [0.25, 0.3) is 5.22 Å². The van der Waals surface area contributed by atoms with Crippen LogP contribution in [0.2, 0.25) is 0 Å². The summed E-state index contributed by atoms with van der Waals surface area (Å²) in [6.45, 7) is 0.588. The number of carbonyl (C=O) groups is 1. The van der Waals surface area contributed by atoms with E-state index in [2.05, 4.69) is 27.2 Å². The van der Waals surface area contributed by atoms with Crippen LogP contribution in [0.25, 0.3) is 0 Å². The van der Waals surface area contributed by atoms with Crippen molar-refractivity contribution in [2.24, 2.45) is 0 Å². The SMILES string of the molecule is CN(Cc1ccc(N(C)C)cc1)C(=O)CSc1nnc(C2CC2)o1. The van der Waals surface area contributed by atoms with E-state index in [0.717, 1.165) is 24.1 Å². The zero-order valence-corrected chi connectivity index (χ0v) is 15.0. The van der Waals surface area contributed by atoms with Gasteiger partial charge in [-0.05, 0) is 30.5 Å². The minimum absolute atomic E-state index is 0.0443. The Morgan fingerprint density at radius 3 is 2.54 bits per heavy atom. The van der Waals surface area contributed by atoms with Crippen LogP contribution in [0.3, 0.4) is 0 Å². The molecular weight excluding hydrogens is 324 g/mol. The van der Waals surface area contributed by atoms with Gasteiger partial charge in [0.05, 0.1) is 5.75 Å². The molecule has 1 fully saturated rings. The first kappa shape index (κ1) is 16.8. The van der Waals surface area contributed by atoms with E-state index in [1.165, 1.54) is 11.8 Å². The van der Waals surface area contributed by atoms with Crippen molar-refractivity contribution >= 4 is 23.4 Å². The van der Waals surface area contributed by atoms with Gasteiger partial charge in [0, 0.05) is 39.3 Å². The predicted molar refractivity (Wildman–Crippen MR) is 94.2 cm³/mol. The zero-order chi connectivity index (χ0) is 17.1. The van der Waals surface area contributed by atoms with Crippen LogP contribution in [0.15, 0.2) is 33.9 Å². The molecular formula is C17H22N4O2S. The van der Waals surface area contributed by atoms with Crippen molar-refractivity contribution in [3.05, 3.63) is 35.7 Å². The highest BCUT2D eigenvalue weighted by atomic mass is 32.2. The van der Waals surface area contributed by atoms with Gasteiger partial charge in [-0.3, -0.25) is 4.79 Å². The van der Waals surface area contributed by atoms with E-state index < -0.39 is 0 Å². The number of nitrogens with zero attached hydrogens (tertiary/aromatic N) is 4. The molecule has 128 valence electrons. The van der Waals surface area contributed by atoms with Gasteiger partial charge in [-0.2, -0.15) is 0 Å². The maximum absolute atomic E-state index is 12.3. The summed E-state index contributed by atoms with van der Waals surface area (Å²) < 4.78 is 5.56. The van der Waals surface area contributed by atoms with Crippen molar-refractivity contribution in [2.75, 3.05) is 31.8 Å². The van der Waals surface area contributed by atoms with E-state index in [0.29, 0.717) is 29.3 Å². The fraction of sp³-hybridized carbons (Fsp3) is 0.471. The quantitative estimate of drug-likeness (QED) is 0.719. The van der Waals surface area contributed by atoms with Crippen molar-refractivity contribution < 1.29 is 9.21 Å². The second kappa shape index (κ2) is 7.25. The number of rotatable bonds is 7. The van der Waals surface area contributed by atoms with Crippen LogP contribution in [-0.4, -0.2) is 47.9 Å². The van der Waals surface area contributed by atoms with E-state index in [-0.39, 0.29) is 5.91 Å². The Balaban J connectivity index is 1.48. The van der Waals surface area contributed by atoms with Gasteiger partial charge in [-0.15, -0.1) is 10.2 Å². The predicted octanol–water partition coefficient (Wildman–Crippen LogP) is 2.76. The third-order valence-corrected chi connectivity index (χ3v) is 4.77. The smallest absolute Gasteiger partial charge is 0.277 e. The Morgan fingerprint density at radius 1 is 1.21 bits per heavy atom. The molecule has 1 aromatic carbocycles. The van der Waals surface area contributed by atoms with E-state index in [9.17, 15) is 4.79 Å². The summed E-state index contributed by atoms with van der Waals surface area (Å²) in [4.78, 5) is 16.0. The Morgan fingerprint density at radius 2 is 1.92 bits per heavy atom. The number of hydrogen-bond donors (Lipinski definition) is 0. The van der Waals surface area contributed by atoms with Gasteiger partial charge < -0.3 is 14.2 Å². The van der Waals surface area contributed by atoms with Crippen LogP contribution in [0.4, 0.5) is 5.69 Å². The molecule has 0 bridgehead atoms. The largest absolute Gasteiger partial charge is 0.416 e. The molecule has 2 aromatic rings. The topological polar surface area (TPSA) is 62.5 Å². The second-order valence-electron chi connectivity index (χ2n) is 6.28. The number of carbonyl (C=O) groups excluding carboxylic acids is 1. The lowest BCUT2D eigenvalue weighted by molar-refractivity contribution is -0.127. The first-order valence-electron chi connectivity index (χ1n) is 7.99. The van der Waals surface area contributed by atoms with E-state index in [1.807, 2.05) is 33.3 Å². The first-order valence-corrected chi connectivity index (χ1v) is 8.98. The molecule has 24 heavy (non-hydrogen) atoms. The molecule has 0 saturated heterocycles. The Bertz CT molecular complexity index is 695. The first-order chi connectivity index (χ1) is 11.5. The maximum Gasteiger partial charge on any atom is 0.277 e. The fourth-order valence-corrected chi connectivity index (χ4v) is 2.98. The maximum atomic E-state index is 12.3. The van der Waals surface area contributed by atoms with Gasteiger partial charge in [0.1, 0.15) is 0 Å². The van der Waals surface area contributed by atoms with Crippen molar-refractivity contribution in [3.63, 3.8) is 0 Å². The van der Waals surface area contributed by atoms with E-state index in [4.69, 9.17) is 4.42 Å². The molecule has 1 aliphatic carbocycles. The van der Waals surface area contributed by atoms with Crippen LogP contribution in [0.1, 0.15) is 30.2 Å². The van der Waals surface area contributed by atoms with Crippen LogP contribution >= 0.6 is 11.8 Å². The molecule has 1 heterocycles. The number of benzene rings is 1. The minimum atomic E-state index is 0.0443. The normalized spacial score (nSPS) is 13.8. The molecule has 0 radical (unpaired) electrons. The molecule has 1 aliphatic rings. The van der Waals surface area contributed by atoms with Crippen LogP contribution in [0, 0.1) is 0 Å². The number of aromatic nitrogens is 2. The lowest BCUT2D eigenvalue weighted by Crippen LogP contribution is -2.27. The fourth-order valence-electron chi connectivity index (χ4n) is 2.27. The third-order valence-electron chi connectivity index (χ3n) is 3.97. The Hall–Kier alpha value is -2.02. The molecule has 1 aromatic heterocycles. The summed E-state index contributed by atoms with van der Waals surface area (Å²) in [5, 5.41) is 8.50. The van der Waals surface area contributed by atoms with Crippen molar-refractivity contribution in [1.29, 1.82) is 0 Å². The average Bonchev–Trinajstić information content (AvgIpc) is 3.31. The average molecular weight is 346 g/mol. The van der Waals surface area contributed by atoms with Gasteiger partial charge in [-0.1, -0.05) is 23.9 Å². The standard InChI is InChI=1S/C17H22N4O2S/c1-20(2)14-8-4-12(5-9-14)10-21(3)15(22)11-24-17-19-18-16(23-17)13-6-7-13/h4-5,8-9,13H,6-7,10-11H2,1-3H3. The highest BCUT2D eigenvalue weighted by Crippen LogP contribution is 2.39. The number of thioether (sulfide) groups is 1. The zero-order valence-electron chi connectivity index (χ0n) is 14.2. The number of amides is 1. The molecule has 3 rings (SSSR count). The number of anilines is 1. The summed E-state index contributed by atoms with van der Waals surface area (Å²) in [6, 6.07) is 8.21. The lowest BCUT2D eigenvalue weighted by Gasteiger charge is -2.18. The molecule has 0 spiro atoms. The van der Waals surface area contributed by atoms with Crippen LogP contribution in [-0.2, 0) is 11.3 Å². The minimum Gasteiger partial charge on any atom is -0.416 e. The van der Waals surface area contributed by atoms with E-state index in [1.54, 1.807) is 4.90 Å². The van der Waals surface area contributed by atoms with Gasteiger partial charge in [0.15, 0.2) is 0 Å². The summed E-state index contributed by atoms with van der Waals surface area (Å²) in [5.74, 6) is 1.50. The molecule has 7 heteroatoms. The second-order valence-corrected chi connectivity index (χ2v) is 7.21. The van der Waals surface area contributed by atoms with Crippen molar-refractivity contribution in [1.82, 2.24) is 15.1 Å². The van der Waals surface area contributed by atoms with Crippen molar-refractivity contribution in [3.8, 4) is 0 Å². The molecule has 1 saturated carbocycles. The Kier molecular flexibility index (Phi) is 5.08. The van der Waals surface area contributed by atoms with Gasteiger partial charge >= 0.3 is 0 Å². The van der Waals surface area contributed by atoms with Crippen LogP contribution < -0.4 is 4.90 Å². The van der Waals surface area contributed by atoms with Gasteiger partial charge in [-0.25, -0.2) is 0 Å². The molecule has 1 amide bonds. The van der Waals surface area contributed by atoms with Gasteiger partial charge in [0.2, 0.25) is 11.8 Å². The summed E-state index contributed by atoms with van der Waals surface area (Å²) in [7, 11) is 5.83. The summed E-state index contributed by atoms with van der Waals surface area (Å²) in [5.41, 5.74) is 2.25. The third kappa shape index (κ3) is 4.29. The molecule has 0 atom stereocenters. The van der Waals surface area contributed by atoms with Crippen LogP contribution in [0.5, 0.6) is 0 Å². The highest BCUT2D eigenvalue weighted by molar-refractivity contribution is 7.99. The van der Waals surface area contributed by atoms with Crippen molar-refractivity contribution in [2.45, 2.75) is 30.5 Å². The highest BCUT2D eigenvalue weighted by Gasteiger charge is 2.29. The molecule has 6 nitrogen and oxygen atoms in total. The molecule has 0 aliphatic heterocycles. The monoisotopic (exact) mass is 346 g/mol. The van der Waals surface area contributed by atoms with E-state index >= 15 is 0 Å². The molecule has 0 unspecified atom stereocenters. The Labute approximate surface area is 146 Å². The number of hydrogen-bond acceptors (Lipinski definition) is 6. The molecule has 0 N–H and O–H groups in total. The summed E-state index contributed by atoms with van der Waals surface area (Å²) in [6.07, 6.45) is 2.25. The summed E-state index contributed by atoms with van der Waals surface area (Å²) >= 11 is 1.30. The lowest BCUT2D eigenvalue weighted by atomic mass is 10.2.